The number of likely N-dealkylation sites (tertiary alicyclic amines) is 1. The van der Waals surface area contributed by atoms with Crippen molar-refractivity contribution < 1.29 is 13.2 Å². The van der Waals surface area contributed by atoms with E-state index in [0.29, 0.717) is 6.54 Å². The Morgan fingerprint density at radius 2 is 1.66 bits per heavy atom. The van der Waals surface area contributed by atoms with Crippen molar-refractivity contribution in [3.63, 3.8) is 0 Å². The summed E-state index contributed by atoms with van der Waals surface area (Å²) in [5, 5.41) is 3.15. The van der Waals surface area contributed by atoms with Gasteiger partial charge in [-0.15, -0.1) is 0 Å². The van der Waals surface area contributed by atoms with Crippen molar-refractivity contribution in [2.45, 2.75) is 44.2 Å². The number of piperidine rings is 1. The molecule has 0 unspecified atom stereocenters. The van der Waals surface area contributed by atoms with Gasteiger partial charge in [0.15, 0.2) is 0 Å². The number of nitrogens with zero attached hydrogens (tertiary/aromatic N) is 1. The lowest BCUT2D eigenvalue weighted by atomic mass is 10.1. The van der Waals surface area contributed by atoms with Crippen LogP contribution in [-0.2, 0) is 23.1 Å². The van der Waals surface area contributed by atoms with E-state index in [9.17, 15) is 13.2 Å². The van der Waals surface area contributed by atoms with Crippen LogP contribution in [0, 0.1) is 6.92 Å². The maximum absolute atomic E-state index is 12.9. The molecule has 2 N–H and O–H groups in total. The zero-order valence-corrected chi connectivity index (χ0v) is 21.3. The number of hydrogen-bond acceptors (Lipinski definition) is 4. The highest BCUT2D eigenvalue weighted by molar-refractivity contribution is 7.92. The van der Waals surface area contributed by atoms with E-state index in [1.165, 1.54) is 43.0 Å². The Bertz CT molecular complexity index is 1290. The van der Waals surface area contributed by atoms with E-state index < -0.39 is 10.0 Å². The average molecular weight is 512 g/mol. The first-order valence-corrected chi connectivity index (χ1v) is 13.6. The molecule has 1 amide bonds. The quantitative estimate of drug-likeness (QED) is 0.426. The fourth-order valence-corrected chi connectivity index (χ4v) is 5.44. The molecule has 0 bridgehead atoms. The van der Waals surface area contributed by atoms with Crippen LogP contribution >= 0.6 is 11.6 Å². The summed E-state index contributed by atoms with van der Waals surface area (Å²) in [4.78, 5) is 15.5. The topological polar surface area (TPSA) is 78.5 Å². The van der Waals surface area contributed by atoms with Gasteiger partial charge in [-0.25, -0.2) is 8.42 Å². The highest BCUT2D eigenvalue weighted by atomic mass is 35.5. The molecule has 0 radical (unpaired) electrons. The van der Waals surface area contributed by atoms with Crippen molar-refractivity contribution in [1.29, 1.82) is 0 Å². The Kier molecular flexibility index (Phi) is 8.11. The van der Waals surface area contributed by atoms with Crippen LogP contribution in [0.1, 0.15) is 46.3 Å². The second-order valence-electron chi connectivity index (χ2n) is 8.95. The van der Waals surface area contributed by atoms with E-state index in [1.54, 1.807) is 24.3 Å². The van der Waals surface area contributed by atoms with Gasteiger partial charge < -0.3 is 5.32 Å². The number of aryl methyl sites for hydroxylation is 1. The third-order valence-corrected chi connectivity index (χ3v) is 7.82. The van der Waals surface area contributed by atoms with Gasteiger partial charge in [-0.05, 0) is 74.3 Å². The summed E-state index contributed by atoms with van der Waals surface area (Å²) in [5.41, 5.74) is 3.67. The number of hydrogen-bond donors (Lipinski definition) is 2. The van der Waals surface area contributed by atoms with E-state index in [4.69, 9.17) is 11.6 Å². The minimum atomic E-state index is -3.79. The Hall–Kier alpha value is -2.87. The minimum absolute atomic E-state index is 0.147. The first kappa shape index (κ1) is 25.2. The van der Waals surface area contributed by atoms with E-state index in [2.05, 4.69) is 27.1 Å². The van der Waals surface area contributed by atoms with Crippen molar-refractivity contribution in [2.24, 2.45) is 0 Å². The monoisotopic (exact) mass is 511 g/mol. The third-order valence-electron chi connectivity index (χ3n) is 6.09. The number of carbonyl (C=O) groups is 1. The Balaban J connectivity index is 1.41. The van der Waals surface area contributed by atoms with E-state index in [1.807, 2.05) is 19.1 Å². The standard InChI is InChI=1S/C27H30ClN3O3S/c1-20-8-11-24(12-9-20)35(33,34)30-23-10-13-26(28)25(17-23)27(32)29-18-21-6-5-7-22(16-21)19-31-14-3-2-4-15-31/h5-13,16-17,30H,2-4,14-15,18-19H2,1H3,(H,29,32). The van der Waals surface area contributed by atoms with Crippen LogP contribution in [-0.4, -0.2) is 32.3 Å². The smallest absolute Gasteiger partial charge is 0.261 e. The van der Waals surface area contributed by atoms with Crippen molar-refractivity contribution >= 4 is 33.2 Å². The summed E-state index contributed by atoms with van der Waals surface area (Å²) in [5.74, 6) is -0.368. The highest BCUT2D eigenvalue weighted by Gasteiger charge is 2.17. The average Bonchev–Trinajstić information content (AvgIpc) is 2.85. The van der Waals surface area contributed by atoms with Crippen LogP contribution in [0.15, 0.2) is 71.6 Å². The van der Waals surface area contributed by atoms with Crippen LogP contribution in [0.3, 0.4) is 0 Å². The molecule has 0 spiro atoms. The number of sulfonamides is 1. The molecule has 0 saturated carbocycles. The van der Waals surface area contributed by atoms with Gasteiger partial charge in [0.25, 0.3) is 15.9 Å². The van der Waals surface area contributed by atoms with Gasteiger partial charge in [0, 0.05) is 18.8 Å². The number of benzene rings is 3. The second-order valence-corrected chi connectivity index (χ2v) is 11.0. The molecule has 184 valence electrons. The van der Waals surface area contributed by atoms with Gasteiger partial charge in [0.05, 0.1) is 15.5 Å². The lowest BCUT2D eigenvalue weighted by molar-refractivity contribution is 0.0951. The number of carbonyl (C=O) groups excluding carboxylic acids is 1. The van der Waals surface area contributed by atoms with Crippen LogP contribution < -0.4 is 10.0 Å². The van der Waals surface area contributed by atoms with Crippen molar-refractivity contribution in [3.05, 3.63) is 94.0 Å². The van der Waals surface area contributed by atoms with Crippen LogP contribution in [0.4, 0.5) is 5.69 Å². The highest BCUT2D eigenvalue weighted by Crippen LogP contribution is 2.23. The number of anilines is 1. The van der Waals surface area contributed by atoms with E-state index in [-0.39, 0.29) is 27.1 Å². The van der Waals surface area contributed by atoms with Crippen molar-refractivity contribution in [3.8, 4) is 0 Å². The largest absolute Gasteiger partial charge is 0.348 e. The number of nitrogens with one attached hydrogen (secondary N) is 2. The molecule has 1 saturated heterocycles. The summed E-state index contributed by atoms with van der Waals surface area (Å²) >= 11 is 6.27. The lowest BCUT2D eigenvalue weighted by Gasteiger charge is -2.26. The molecule has 1 fully saturated rings. The molecule has 0 aromatic heterocycles. The summed E-state index contributed by atoms with van der Waals surface area (Å²) in [6.45, 7) is 5.41. The number of amides is 1. The fourth-order valence-electron chi connectivity index (χ4n) is 4.19. The molecule has 3 aromatic rings. The third kappa shape index (κ3) is 6.84. The maximum Gasteiger partial charge on any atom is 0.261 e. The van der Waals surface area contributed by atoms with Crippen LogP contribution in [0.2, 0.25) is 5.02 Å². The minimum Gasteiger partial charge on any atom is -0.348 e. The van der Waals surface area contributed by atoms with Crippen LogP contribution in [0.5, 0.6) is 0 Å². The molecule has 1 aliphatic heterocycles. The Morgan fingerprint density at radius 1 is 0.943 bits per heavy atom. The molecule has 1 heterocycles. The second kappa shape index (κ2) is 11.2. The zero-order chi connectivity index (χ0) is 24.8. The summed E-state index contributed by atoms with van der Waals surface area (Å²) in [6.07, 6.45) is 3.80. The fraction of sp³-hybridized carbons (Fsp3) is 0.296. The predicted molar refractivity (Wildman–Crippen MR) is 140 cm³/mol. The molecule has 35 heavy (non-hydrogen) atoms. The SMILES string of the molecule is Cc1ccc(S(=O)(=O)Nc2ccc(Cl)c(C(=O)NCc3cccc(CN4CCCCC4)c3)c2)cc1. The van der Waals surface area contributed by atoms with Gasteiger partial charge in [-0.1, -0.05) is 60.0 Å². The number of rotatable bonds is 8. The van der Waals surface area contributed by atoms with Gasteiger partial charge in [-0.2, -0.15) is 0 Å². The molecule has 0 atom stereocenters. The summed E-state index contributed by atoms with van der Waals surface area (Å²) in [6, 6.07) is 19.3. The van der Waals surface area contributed by atoms with E-state index in [0.717, 1.165) is 30.8 Å². The molecule has 8 heteroatoms. The molecule has 6 nitrogen and oxygen atoms in total. The summed E-state index contributed by atoms with van der Waals surface area (Å²) in [7, 11) is -3.79. The molecule has 3 aromatic carbocycles. The number of halogens is 1. The lowest BCUT2D eigenvalue weighted by Crippen LogP contribution is -2.29. The molecule has 4 rings (SSSR count). The molecular weight excluding hydrogens is 482 g/mol. The van der Waals surface area contributed by atoms with Gasteiger partial charge in [0.2, 0.25) is 0 Å². The van der Waals surface area contributed by atoms with Crippen LogP contribution in [0.25, 0.3) is 0 Å². The molecule has 1 aliphatic rings. The van der Waals surface area contributed by atoms with Crippen molar-refractivity contribution in [2.75, 3.05) is 17.8 Å². The van der Waals surface area contributed by atoms with Crippen molar-refractivity contribution in [1.82, 2.24) is 10.2 Å². The van der Waals surface area contributed by atoms with Gasteiger partial charge in [-0.3, -0.25) is 14.4 Å². The predicted octanol–water partition coefficient (Wildman–Crippen LogP) is 5.37. The maximum atomic E-state index is 12.9. The first-order chi connectivity index (χ1) is 16.8. The van der Waals surface area contributed by atoms with Gasteiger partial charge in [0.1, 0.15) is 0 Å². The molecular formula is C27H30ClN3O3S. The van der Waals surface area contributed by atoms with Gasteiger partial charge >= 0.3 is 0 Å². The summed E-state index contributed by atoms with van der Waals surface area (Å²) < 4.78 is 28.0. The Labute approximate surface area is 212 Å². The normalized spacial score (nSPS) is 14.5. The first-order valence-electron chi connectivity index (χ1n) is 11.8. The van der Waals surface area contributed by atoms with E-state index >= 15 is 0 Å². The zero-order valence-electron chi connectivity index (χ0n) is 19.8. The Morgan fingerprint density at radius 3 is 2.40 bits per heavy atom. The molecule has 0 aliphatic carbocycles.